The second kappa shape index (κ2) is 17.0. The van der Waals surface area contributed by atoms with Gasteiger partial charge in [-0.3, -0.25) is 14.5 Å². The molecule has 1 aromatic carbocycles. The van der Waals surface area contributed by atoms with Crippen molar-refractivity contribution in [3.63, 3.8) is 0 Å². The van der Waals surface area contributed by atoms with E-state index in [0.717, 1.165) is 30.9 Å². The van der Waals surface area contributed by atoms with Crippen LogP contribution in [0, 0.1) is 0 Å². The summed E-state index contributed by atoms with van der Waals surface area (Å²) in [6.45, 7) is 6.39. The van der Waals surface area contributed by atoms with Crippen molar-refractivity contribution in [2.75, 3.05) is 51.5 Å². The van der Waals surface area contributed by atoms with Gasteiger partial charge in [-0.1, -0.05) is 18.2 Å². The number of ether oxygens (including phenoxy) is 2. The van der Waals surface area contributed by atoms with Gasteiger partial charge in [-0.05, 0) is 23.8 Å². The molecule has 9 heteroatoms. The van der Waals surface area contributed by atoms with Gasteiger partial charge < -0.3 is 9.47 Å². The number of methoxy groups -OCH3 is 2. The molecule has 0 N–H and O–H groups in total. The fraction of sp³-hybridized carbons (Fsp3) is 0.391. The standard InChI is InChI=1S/C17H16O4.C6H12Cl3N.ClH/c1-4-13(11-5-7-12(20-2)8-6-11)14-9-16(19)17(21-3)10-15(14)18;7-1-4-10(5-2-8)6-3-9;/h4-10,13H,1H2,2-3H3;1-6H2;1H. The number of nitrogens with zero attached hydrogens (tertiary/aromatic N) is 1. The third-order valence-corrected chi connectivity index (χ3v) is 5.05. The molecule has 0 aromatic heterocycles. The number of carbonyl (C=O) groups is 2. The summed E-state index contributed by atoms with van der Waals surface area (Å²) in [5.41, 5.74) is 1.26. The van der Waals surface area contributed by atoms with Crippen LogP contribution in [0.4, 0.5) is 0 Å². The monoisotopic (exact) mass is 523 g/mol. The molecular formula is C23H29Cl4NO4. The van der Waals surface area contributed by atoms with E-state index >= 15 is 0 Å². The average Bonchev–Trinajstić information content (AvgIpc) is 2.78. The third-order valence-electron chi connectivity index (χ3n) is 4.54. The Morgan fingerprint density at radius 3 is 1.84 bits per heavy atom. The number of hydrogen-bond donors (Lipinski definition) is 0. The fourth-order valence-corrected chi connectivity index (χ4v) is 3.62. The van der Waals surface area contributed by atoms with Crippen LogP contribution in [0.3, 0.4) is 0 Å². The van der Waals surface area contributed by atoms with E-state index in [4.69, 9.17) is 44.3 Å². The molecule has 1 aliphatic carbocycles. The molecule has 2 rings (SSSR count). The molecule has 32 heavy (non-hydrogen) atoms. The molecule has 1 aliphatic rings. The van der Waals surface area contributed by atoms with E-state index in [1.165, 1.54) is 19.3 Å². The fourth-order valence-electron chi connectivity index (χ4n) is 2.91. The van der Waals surface area contributed by atoms with E-state index in [1.807, 2.05) is 12.1 Å². The van der Waals surface area contributed by atoms with Crippen molar-refractivity contribution in [2.24, 2.45) is 0 Å². The van der Waals surface area contributed by atoms with Gasteiger partial charge in [0.15, 0.2) is 11.5 Å². The van der Waals surface area contributed by atoms with Gasteiger partial charge in [-0.2, -0.15) is 0 Å². The quantitative estimate of drug-likeness (QED) is 0.231. The molecule has 178 valence electrons. The molecule has 5 nitrogen and oxygen atoms in total. The summed E-state index contributed by atoms with van der Waals surface area (Å²) in [7, 11) is 2.95. The number of ketones is 2. The summed E-state index contributed by atoms with van der Waals surface area (Å²) in [5.74, 6) is 1.82. The molecule has 0 fully saturated rings. The largest absolute Gasteiger partial charge is 0.497 e. The first-order valence-corrected chi connectivity index (χ1v) is 11.3. The van der Waals surface area contributed by atoms with E-state index in [9.17, 15) is 9.59 Å². The number of alkyl halides is 3. The van der Waals surface area contributed by atoms with E-state index in [-0.39, 0.29) is 35.7 Å². The van der Waals surface area contributed by atoms with E-state index in [1.54, 1.807) is 25.3 Å². The highest BCUT2D eigenvalue weighted by Crippen LogP contribution is 2.30. The van der Waals surface area contributed by atoms with Crippen LogP contribution >= 0.6 is 47.2 Å². The van der Waals surface area contributed by atoms with Crippen molar-refractivity contribution in [2.45, 2.75) is 5.92 Å². The average molecular weight is 525 g/mol. The summed E-state index contributed by atoms with van der Waals surface area (Å²) in [6, 6.07) is 7.30. The Morgan fingerprint density at radius 2 is 1.44 bits per heavy atom. The van der Waals surface area contributed by atoms with Gasteiger partial charge in [0.05, 0.1) is 14.2 Å². The highest BCUT2D eigenvalue weighted by molar-refractivity contribution is 6.20. The van der Waals surface area contributed by atoms with E-state index in [0.29, 0.717) is 23.2 Å². The van der Waals surface area contributed by atoms with Crippen LogP contribution in [-0.2, 0) is 14.3 Å². The highest BCUT2D eigenvalue weighted by Gasteiger charge is 2.26. The van der Waals surface area contributed by atoms with Gasteiger partial charge in [0.1, 0.15) is 5.75 Å². The summed E-state index contributed by atoms with van der Waals surface area (Å²) in [5, 5.41) is 0. The molecule has 0 spiro atoms. The van der Waals surface area contributed by atoms with Crippen LogP contribution in [0.25, 0.3) is 0 Å². The SMILES string of the molecule is C=CC(C1=CC(=O)C(OC)=CC1=O)c1ccc(OC)cc1.Cl.ClCCN(CCCl)CCCl. The van der Waals surface area contributed by atoms with Crippen molar-refractivity contribution in [1.29, 1.82) is 0 Å². The number of hydrogen-bond acceptors (Lipinski definition) is 5. The zero-order valence-electron chi connectivity index (χ0n) is 18.2. The second-order valence-corrected chi connectivity index (χ2v) is 7.57. The normalized spacial score (nSPS) is 13.8. The van der Waals surface area contributed by atoms with Crippen LogP contribution in [0.15, 0.2) is 60.4 Å². The molecule has 1 atom stereocenters. The zero-order chi connectivity index (χ0) is 23.2. The Labute approximate surface area is 211 Å². The minimum atomic E-state index is -0.345. The van der Waals surface area contributed by atoms with Crippen LogP contribution in [0.5, 0.6) is 5.75 Å². The van der Waals surface area contributed by atoms with Crippen molar-refractivity contribution < 1.29 is 19.1 Å². The number of rotatable bonds is 11. The summed E-state index contributed by atoms with van der Waals surface area (Å²) in [6.07, 6.45) is 4.18. The topological polar surface area (TPSA) is 55.8 Å². The lowest BCUT2D eigenvalue weighted by Crippen LogP contribution is -2.29. The third kappa shape index (κ3) is 9.55. The molecule has 0 saturated carbocycles. The Hall–Kier alpha value is -1.50. The molecule has 0 aliphatic heterocycles. The summed E-state index contributed by atoms with van der Waals surface area (Å²) >= 11 is 16.6. The molecule has 0 saturated heterocycles. The van der Waals surface area contributed by atoms with E-state index < -0.39 is 0 Å². The minimum Gasteiger partial charge on any atom is -0.497 e. The number of allylic oxidation sites excluding steroid dienone is 4. The predicted octanol–water partition coefficient (Wildman–Crippen LogP) is 5.00. The smallest absolute Gasteiger partial charge is 0.220 e. The van der Waals surface area contributed by atoms with Gasteiger partial charge in [0.25, 0.3) is 0 Å². The number of benzene rings is 1. The Kier molecular flexibility index (Phi) is 16.2. The lowest BCUT2D eigenvalue weighted by atomic mass is 9.85. The van der Waals surface area contributed by atoms with Gasteiger partial charge in [-0.25, -0.2) is 0 Å². The van der Waals surface area contributed by atoms with Crippen LogP contribution in [-0.4, -0.2) is 68.0 Å². The maximum Gasteiger partial charge on any atom is 0.220 e. The number of carbonyl (C=O) groups excluding carboxylic acids is 2. The maximum absolute atomic E-state index is 12.2. The molecule has 0 amide bonds. The minimum absolute atomic E-state index is 0. The molecule has 1 unspecified atom stereocenters. The van der Waals surface area contributed by atoms with E-state index in [2.05, 4.69) is 11.5 Å². The highest BCUT2D eigenvalue weighted by atomic mass is 35.5. The summed E-state index contributed by atoms with van der Waals surface area (Å²) < 4.78 is 9.98. The molecule has 0 heterocycles. The van der Waals surface area contributed by atoms with Crippen molar-refractivity contribution in [3.05, 3.63) is 66.0 Å². The molecule has 1 aromatic rings. The maximum atomic E-state index is 12.2. The lowest BCUT2D eigenvalue weighted by Gasteiger charge is -2.18. The summed E-state index contributed by atoms with van der Waals surface area (Å²) in [4.78, 5) is 26.2. The van der Waals surface area contributed by atoms with Gasteiger partial charge in [-0.15, -0.1) is 53.8 Å². The van der Waals surface area contributed by atoms with Gasteiger partial charge in [0.2, 0.25) is 5.78 Å². The molecule has 0 bridgehead atoms. The Balaban J connectivity index is 0.000000747. The molecule has 0 radical (unpaired) electrons. The molecular weight excluding hydrogens is 496 g/mol. The predicted molar refractivity (Wildman–Crippen MR) is 135 cm³/mol. The lowest BCUT2D eigenvalue weighted by molar-refractivity contribution is -0.117. The Bertz CT molecular complexity index is 779. The van der Waals surface area contributed by atoms with Gasteiger partial charge >= 0.3 is 0 Å². The van der Waals surface area contributed by atoms with Crippen molar-refractivity contribution in [1.82, 2.24) is 4.90 Å². The van der Waals surface area contributed by atoms with Crippen molar-refractivity contribution >= 4 is 58.8 Å². The Morgan fingerprint density at radius 1 is 0.906 bits per heavy atom. The van der Waals surface area contributed by atoms with Crippen molar-refractivity contribution in [3.8, 4) is 5.75 Å². The first kappa shape index (κ1) is 30.5. The van der Waals surface area contributed by atoms with Crippen LogP contribution < -0.4 is 4.74 Å². The van der Waals surface area contributed by atoms with Crippen LogP contribution in [0.1, 0.15) is 11.5 Å². The first-order chi connectivity index (χ1) is 14.9. The second-order valence-electron chi connectivity index (χ2n) is 6.44. The first-order valence-electron chi connectivity index (χ1n) is 9.68. The van der Waals surface area contributed by atoms with Gasteiger partial charge in [0, 0.05) is 54.8 Å². The van der Waals surface area contributed by atoms with Crippen LogP contribution in [0.2, 0.25) is 0 Å². The number of halogens is 4. The zero-order valence-corrected chi connectivity index (χ0v) is 21.3.